The summed E-state index contributed by atoms with van der Waals surface area (Å²) < 4.78 is 0. The van der Waals surface area contributed by atoms with Crippen LogP contribution in [0.3, 0.4) is 0 Å². The number of rotatable bonds is 3. The van der Waals surface area contributed by atoms with Gasteiger partial charge in [-0.25, -0.2) is 4.98 Å². The summed E-state index contributed by atoms with van der Waals surface area (Å²) >= 11 is 0. The molecule has 2 heterocycles. The molecule has 2 atom stereocenters. The fourth-order valence-electron chi connectivity index (χ4n) is 2.56. The zero-order chi connectivity index (χ0) is 12.4. The Hall–Kier alpha value is -1.32. The van der Waals surface area contributed by atoms with E-state index in [9.17, 15) is 0 Å². The third-order valence-corrected chi connectivity index (χ3v) is 3.25. The van der Waals surface area contributed by atoms with E-state index in [0.717, 1.165) is 36.5 Å². The van der Waals surface area contributed by atoms with Crippen LogP contribution in [0.25, 0.3) is 0 Å². The summed E-state index contributed by atoms with van der Waals surface area (Å²) in [5.41, 5.74) is 1.03. The number of anilines is 2. The zero-order valence-electron chi connectivity index (χ0n) is 11.2. The minimum atomic E-state index is 0.578. The molecule has 1 aliphatic rings. The highest BCUT2D eigenvalue weighted by atomic mass is 15.3. The standard InChI is InChI=1S/C13H22N4/c1-5-14-13-15-10(3)7-12(16-13)17-8-9(2)6-11(17)4/h7,9,11H,5-6,8H2,1-4H3,(H,14,15,16). The van der Waals surface area contributed by atoms with Crippen LogP contribution in [0.2, 0.25) is 0 Å². The SMILES string of the molecule is CCNc1nc(C)cc(N2CC(C)CC2C)n1. The molecule has 1 aliphatic heterocycles. The van der Waals surface area contributed by atoms with Gasteiger partial charge in [-0.05, 0) is 33.1 Å². The molecule has 0 saturated carbocycles. The van der Waals surface area contributed by atoms with Crippen molar-refractivity contribution in [1.29, 1.82) is 0 Å². The number of aromatic nitrogens is 2. The topological polar surface area (TPSA) is 41.1 Å². The molecule has 0 aromatic carbocycles. The summed E-state index contributed by atoms with van der Waals surface area (Å²) in [7, 11) is 0. The number of nitrogens with one attached hydrogen (secondary N) is 1. The van der Waals surface area contributed by atoms with Crippen molar-refractivity contribution in [2.24, 2.45) is 5.92 Å². The molecule has 0 radical (unpaired) electrons. The quantitative estimate of drug-likeness (QED) is 0.872. The van der Waals surface area contributed by atoms with Crippen LogP contribution in [0.4, 0.5) is 11.8 Å². The van der Waals surface area contributed by atoms with E-state index in [1.165, 1.54) is 6.42 Å². The lowest BCUT2D eigenvalue weighted by Gasteiger charge is -2.23. The van der Waals surface area contributed by atoms with Crippen LogP contribution in [-0.2, 0) is 0 Å². The van der Waals surface area contributed by atoms with Crippen molar-refractivity contribution in [3.63, 3.8) is 0 Å². The highest BCUT2D eigenvalue weighted by molar-refractivity contribution is 5.46. The van der Waals surface area contributed by atoms with Gasteiger partial charge in [0.15, 0.2) is 0 Å². The van der Waals surface area contributed by atoms with E-state index in [4.69, 9.17) is 0 Å². The molecule has 2 rings (SSSR count). The Bertz CT molecular complexity index is 391. The Morgan fingerprint density at radius 1 is 1.41 bits per heavy atom. The van der Waals surface area contributed by atoms with Gasteiger partial charge in [-0.3, -0.25) is 0 Å². The maximum Gasteiger partial charge on any atom is 0.224 e. The molecule has 0 aliphatic carbocycles. The summed E-state index contributed by atoms with van der Waals surface area (Å²) in [6.45, 7) is 10.6. The lowest BCUT2D eigenvalue weighted by molar-refractivity contribution is 0.625. The number of aryl methyl sites for hydroxylation is 1. The summed E-state index contributed by atoms with van der Waals surface area (Å²) in [5.74, 6) is 2.56. The second-order valence-corrected chi connectivity index (χ2v) is 5.06. The molecule has 0 bridgehead atoms. The van der Waals surface area contributed by atoms with Gasteiger partial charge in [0.05, 0.1) is 0 Å². The monoisotopic (exact) mass is 234 g/mol. The van der Waals surface area contributed by atoms with Crippen molar-refractivity contribution >= 4 is 11.8 Å². The Morgan fingerprint density at radius 2 is 2.18 bits per heavy atom. The maximum absolute atomic E-state index is 4.59. The van der Waals surface area contributed by atoms with Gasteiger partial charge >= 0.3 is 0 Å². The van der Waals surface area contributed by atoms with Crippen molar-refractivity contribution in [3.05, 3.63) is 11.8 Å². The van der Waals surface area contributed by atoms with E-state index in [-0.39, 0.29) is 0 Å². The average Bonchev–Trinajstić information content (AvgIpc) is 2.57. The lowest BCUT2D eigenvalue weighted by Crippen LogP contribution is -2.28. The smallest absolute Gasteiger partial charge is 0.224 e. The Kier molecular flexibility index (Phi) is 3.50. The highest BCUT2D eigenvalue weighted by Gasteiger charge is 2.27. The first-order valence-corrected chi connectivity index (χ1v) is 6.46. The highest BCUT2D eigenvalue weighted by Crippen LogP contribution is 2.28. The first-order chi connectivity index (χ1) is 8.10. The van der Waals surface area contributed by atoms with Gasteiger partial charge < -0.3 is 10.2 Å². The fourth-order valence-corrected chi connectivity index (χ4v) is 2.56. The molecule has 4 heteroatoms. The Morgan fingerprint density at radius 3 is 2.76 bits per heavy atom. The molecule has 94 valence electrons. The van der Waals surface area contributed by atoms with E-state index in [1.807, 2.05) is 6.92 Å². The largest absolute Gasteiger partial charge is 0.354 e. The molecular weight excluding hydrogens is 212 g/mol. The molecule has 4 nitrogen and oxygen atoms in total. The van der Waals surface area contributed by atoms with Gasteiger partial charge in [0, 0.05) is 30.9 Å². The van der Waals surface area contributed by atoms with Crippen LogP contribution < -0.4 is 10.2 Å². The number of nitrogens with zero attached hydrogens (tertiary/aromatic N) is 3. The summed E-state index contributed by atoms with van der Waals surface area (Å²) in [6, 6.07) is 2.66. The third kappa shape index (κ3) is 2.68. The van der Waals surface area contributed by atoms with Crippen LogP contribution in [-0.4, -0.2) is 29.1 Å². The number of hydrogen-bond donors (Lipinski definition) is 1. The maximum atomic E-state index is 4.59. The van der Waals surface area contributed by atoms with Crippen molar-refractivity contribution in [1.82, 2.24) is 9.97 Å². The van der Waals surface area contributed by atoms with Gasteiger partial charge in [-0.1, -0.05) is 6.92 Å². The molecule has 1 aromatic heterocycles. The van der Waals surface area contributed by atoms with Gasteiger partial charge in [-0.15, -0.1) is 0 Å². The van der Waals surface area contributed by atoms with Crippen molar-refractivity contribution < 1.29 is 0 Å². The van der Waals surface area contributed by atoms with Gasteiger partial charge in [0.2, 0.25) is 5.95 Å². The predicted molar refractivity (Wildman–Crippen MR) is 71.5 cm³/mol. The van der Waals surface area contributed by atoms with E-state index in [2.05, 4.69) is 47.0 Å². The molecule has 2 unspecified atom stereocenters. The summed E-state index contributed by atoms with van der Waals surface area (Å²) in [6.07, 6.45) is 1.25. The van der Waals surface area contributed by atoms with Crippen LogP contribution in [0, 0.1) is 12.8 Å². The van der Waals surface area contributed by atoms with Crippen molar-refractivity contribution in [2.45, 2.75) is 40.2 Å². The minimum Gasteiger partial charge on any atom is -0.354 e. The minimum absolute atomic E-state index is 0.578. The van der Waals surface area contributed by atoms with E-state index in [0.29, 0.717) is 6.04 Å². The fraction of sp³-hybridized carbons (Fsp3) is 0.692. The molecule has 0 amide bonds. The third-order valence-electron chi connectivity index (χ3n) is 3.25. The van der Waals surface area contributed by atoms with Gasteiger partial charge in [0.25, 0.3) is 0 Å². The van der Waals surface area contributed by atoms with E-state index >= 15 is 0 Å². The first kappa shape index (κ1) is 12.1. The van der Waals surface area contributed by atoms with Crippen LogP contribution in [0.15, 0.2) is 6.07 Å². The molecule has 1 aromatic rings. The molecule has 0 spiro atoms. The van der Waals surface area contributed by atoms with Crippen LogP contribution >= 0.6 is 0 Å². The average molecular weight is 234 g/mol. The van der Waals surface area contributed by atoms with E-state index in [1.54, 1.807) is 0 Å². The van der Waals surface area contributed by atoms with Crippen LogP contribution in [0.1, 0.15) is 32.9 Å². The summed E-state index contributed by atoms with van der Waals surface area (Å²) in [4.78, 5) is 11.4. The predicted octanol–water partition coefficient (Wildman–Crippen LogP) is 2.45. The Labute approximate surface area is 103 Å². The molecule has 1 fully saturated rings. The normalized spacial score (nSPS) is 24.1. The van der Waals surface area contributed by atoms with Crippen molar-refractivity contribution in [3.8, 4) is 0 Å². The molecule has 17 heavy (non-hydrogen) atoms. The second kappa shape index (κ2) is 4.90. The van der Waals surface area contributed by atoms with E-state index < -0.39 is 0 Å². The first-order valence-electron chi connectivity index (χ1n) is 6.46. The summed E-state index contributed by atoms with van der Waals surface area (Å²) in [5, 5.41) is 3.19. The molecular formula is C13H22N4. The van der Waals surface area contributed by atoms with Gasteiger partial charge in [-0.2, -0.15) is 4.98 Å². The molecule has 1 N–H and O–H groups in total. The second-order valence-electron chi connectivity index (χ2n) is 5.06. The molecule has 1 saturated heterocycles. The van der Waals surface area contributed by atoms with Crippen molar-refractivity contribution in [2.75, 3.05) is 23.3 Å². The number of hydrogen-bond acceptors (Lipinski definition) is 4. The van der Waals surface area contributed by atoms with Crippen LogP contribution in [0.5, 0.6) is 0 Å². The lowest BCUT2D eigenvalue weighted by atomic mass is 10.1. The Balaban J connectivity index is 2.25. The zero-order valence-corrected chi connectivity index (χ0v) is 11.2. The van der Waals surface area contributed by atoms with Gasteiger partial charge in [0.1, 0.15) is 5.82 Å².